The van der Waals surface area contributed by atoms with Crippen LogP contribution in [0, 0.1) is 10.1 Å². The van der Waals surface area contributed by atoms with Crippen molar-refractivity contribution < 1.29 is 25.0 Å². The van der Waals surface area contributed by atoms with Gasteiger partial charge in [0, 0.05) is 17.8 Å². The highest BCUT2D eigenvalue weighted by Crippen LogP contribution is 2.20. The molecule has 0 amide bonds. The van der Waals surface area contributed by atoms with Crippen LogP contribution >= 0.6 is 0 Å². The van der Waals surface area contributed by atoms with E-state index in [2.05, 4.69) is 5.32 Å². The molecule has 0 aromatic heterocycles. The minimum absolute atomic E-state index is 0.0499. The Morgan fingerprint density at radius 3 is 2.42 bits per heavy atom. The number of nitrogens with one attached hydrogen (secondary N) is 1. The minimum atomic E-state index is -1.30. The van der Waals surface area contributed by atoms with E-state index in [9.17, 15) is 25.4 Å². The number of non-ortho nitro benzene ring substituents is 1. The zero-order valence-corrected chi connectivity index (χ0v) is 9.84. The van der Waals surface area contributed by atoms with Crippen molar-refractivity contribution in [3.63, 3.8) is 0 Å². The van der Waals surface area contributed by atoms with Crippen LogP contribution in [0.15, 0.2) is 24.3 Å². The second-order valence-electron chi connectivity index (χ2n) is 4.25. The van der Waals surface area contributed by atoms with Gasteiger partial charge in [0.2, 0.25) is 0 Å². The number of nitro groups is 1. The molecule has 0 spiro atoms. The summed E-state index contributed by atoms with van der Waals surface area (Å²) in [6.07, 6.45) is -4.62. The van der Waals surface area contributed by atoms with Crippen molar-refractivity contribution >= 4 is 11.4 Å². The normalized spacial score (nSPS) is 30.9. The first-order valence-electron chi connectivity index (χ1n) is 5.66. The van der Waals surface area contributed by atoms with Crippen LogP contribution in [0.2, 0.25) is 0 Å². The molecule has 0 unspecified atom stereocenters. The fraction of sp³-hybridized carbons (Fsp3) is 0.455. The largest absolute Gasteiger partial charge is 0.388 e. The van der Waals surface area contributed by atoms with Gasteiger partial charge in [-0.15, -0.1) is 0 Å². The third-order valence-corrected chi connectivity index (χ3v) is 2.89. The van der Waals surface area contributed by atoms with E-state index in [4.69, 9.17) is 4.74 Å². The number of nitrogens with zero attached hydrogens (tertiary/aromatic N) is 1. The van der Waals surface area contributed by atoms with Crippen molar-refractivity contribution in [3.05, 3.63) is 34.4 Å². The van der Waals surface area contributed by atoms with Crippen molar-refractivity contribution in [1.29, 1.82) is 0 Å². The summed E-state index contributed by atoms with van der Waals surface area (Å²) in [6, 6.07) is 5.54. The molecular weight excluding hydrogens is 256 g/mol. The highest BCUT2D eigenvalue weighted by molar-refractivity contribution is 5.49. The molecule has 0 bridgehead atoms. The quantitative estimate of drug-likeness (QED) is 0.428. The summed E-state index contributed by atoms with van der Waals surface area (Å²) in [5, 5.41) is 41.8. The number of hydrogen-bond acceptors (Lipinski definition) is 7. The van der Waals surface area contributed by atoms with Crippen LogP contribution < -0.4 is 5.32 Å². The predicted molar refractivity (Wildman–Crippen MR) is 64.5 cm³/mol. The third kappa shape index (κ3) is 2.99. The van der Waals surface area contributed by atoms with Crippen LogP contribution in [-0.2, 0) is 4.74 Å². The Kier molecular flexibility index (Phi) is 3.96. The molecule has 104 valence electrons. The number of nitro benzene ring substituents is 1. The van der Waals surface area contributed by atoms with Crippen LogP contribution in [0.25, 0.3) is 0 Å². The molecule has 1 fully saturated rings. The lowest BCUT2D eigenvalue weighted by Crippen LogP contribution is -2.55. The molecule has 1 heterocycles. The van der Waals surface area contributed by atoms with Gasteiger partial charge in [-0.05, 0) is 12.1 Å². The molecule has 1 aromatic rings. The van der Waals surface area contributed by atoms with E-state index in [1.807, 2.05) is 0 Å². The molecule has 4 atom stereocenters. The molecule has 8 heteroatoms. The van der Waals surface area contributed by atoms with Crippen LogP contribution in [0.5, 0.6) is 0 Å². The summed E-state index contributed by atoms with van der Waals surface area (Å²) < 4.78 is 5.15. The summed E-state index contributed by atoms with van der Waals surface area (Å²) in [5.74, 6) is 0. The smallest absolute Gasteiger partial charge is 0.269 e. The third-order valence-electron chi connectivity index (χ3n) is 2.89. The average Bonchev–Trinajstić information content (AvgIpc) is 2.40. The van der Waals surface area contributed by atoms with Crippen LogP contribution in [0.1, 0.15) is 0 Å². The Balaban J connectivity index is 2.03. The van der Waals surface area contributed by atoms with Gasteiger partial charge in [-0.25, -0.2) is 0 Å². The number of anilines is 1. The van der Waals surface area contributed by atoms with E-state index in [-0.39, 0.29) is 12.3 Å². The fourth-order valence-corrected chi connectivity index (χ4v) is 1.78. The van der Waals surface area contributed by atoms with Gasteiger partial charge >= 0.3 is 0 Å². The number of rotatable bonds is 3. The van der Waals surface area contributed by atoms with Crippen molar-refractivity contribution in [1.82, 2.24) is 0 Å². The maximum Gasteiger partial charge on any atom is 0.269 e. The molecular formula is C11H14N2O6. The Hall–Kier alpha value is -1.74. The molecule has 0 saturated carbocycles. The standard InChI is InChI=1S/C11H14N2O6/c14-8-5-19-11(10(16)9(8)15)12-6-1-3-7(4-2-6)13(17)18/h1-4,8-12,14-16H,5H2/t8-,9-,10-,11+/m1/s1. The van der Waals surface area contributed by atoms with Crippen LogP contribution in [0.4, 0.5) is 11.4 Å². The maximum absolute atomic E-state index is 10.5. The number of ether oxygens (including phenoxy) is 1. The summed E-state index contributed by atoms with van der Waals surface area (Å²) in [7, 11) is 0. The molecule has 1 aliphatic heterocycles. The van der Waals surface area contributed by atoms with E-state index in [1.165, 1.54) is 24.3 Å². The van der Waals surface area contributed by atoms with Crippen molar-refractivity contribution in [3.8, 4) is 0 Å². The van der Waals surface area contributed by atoms with Gasteiger partial charge in [0.15, 0.2) is 6.23 Å². The lowest BCUT2D eigenvalue weighted by molar-refractivity contribution is -0.384. The van der Waals surface area contributed by atoms with E-state index < -0.39 is 29.5 Å². The Labute approximate surface area is 108 Å². The van der Waals surface area contributed by atoms with Crippen LogP contribution in [-0.4, -0.2) is 51.4 Å². The molecule has 1 saturated heterocycles. The second-order valence-corrected chi connectivity index (χ2v) is 4.25. The highest BCUT2D eigenvalue weighted by Gasteiger charge is 2.37. The zero-order valence-electron chi connectivity index (χ0n) is 9.84. The minimum Gasteiger partial charge on any atom is -0.388 e. The first kappa shape index (κ1) is 13.7. The Morgan fingerprint density at radius 1 is 1.21 bits per heavy atom. The Bertz CT molecular complexity index is 451. The molecule has 19 heavy (non-hydrogen) atoms. The Morgan fingerprint density at radius 2 is 1.84 bits per heavy atom. The number of aliphatic hydroxyl groups excluding tert-OH is 3. The number of hydrogen-bond donors (Lipinski definition) is 4. The molecule has 1 aliphatic rings. The van der Waals surface area contributed by atoms with Crippen LogP contribution in [0.3, 0.4) is 0 Å². The molecule has 1 aromatic carbocycles. The lowest BCUT2D eigenvalue weighted by Gasteiger charge is -2.35. The van der Waals surface area contributed by atoms with Crippen molar-refractivity contribution in [2.45, 2.75) is 24.5 Å². The maximum atomic E-state index is 10.5. The van der Waals surface area contributed by atoms with Gasteiger partial charge in [-0.3, -0.25) is 10.1 Å². The summed E-state index contributed by atoms with van der Waals surface area (Å²) >= 11 is 0. The molecule has 0 radical (unpaired) electrons. The van der Waals surface area contributed by atoms with Gasteiger partial charge in [-0.2, -0.15) is 0 Å². The van der Waals surface area contributed by atoms with E-state index in [0.717, 1.165) is 0 Å². The lowest BCUT2D eigenvalue weighted by atomic mass is 10.0. The zero-order chi connectivity index (χ0) is 14.0. The van der Waals surface area contributed by atoms with E-state index >= 15 is 0 Å². The number of aliphatic hydroxyl groups is 3. The molecule has 4 N–H and O–H groups in total. The SMILES string of the molecule is O=[N+]([O-])c1ccc(N[C@H]2OC[C@@H](O)[C@@H](O)[C@H]2O)cc1. The van der Waals surface area contributed by atoms with Gasteiger partial charge in [0.25, 0.3) is 5.69 Å². The van der Waals surface area contributed by atoms with Gasteiger partial charge in [-0.1, -0.05) is 0 Å². The van der Waals surface area contributed by atoms with Crippen molar-refractivity contribution in [2.24, 2.45) is 0 Å². The van der Waals surface area contributed by atoms with Crippen molar-refractivity contribution in [2.75, 3.05) is 11.9 Å². The average molecular weight is 270 g/mol. The van der Waals surface area contributed by atoms with Gasteiger partial charge < -0.3 is 25.4 Å². The molecule has 2 rings (SSSR count). The summed E-state index contributed by atoms with van der Waals surface area (Å²) in [6.45, 7) is -0.108. The first-order valence-corrected chi connectivity index (χ1v) is 5.66. The first-order chi connectivity index (χ1) is 8.99. The van der Waals surface area contributed by atoms with Gasteiger partial charge in [0.1, 0.15) is 18.3 Å². The number of benzene rings is 1. The summed E-state index contributed by atoms with van der Waals surface area (Å²) in [5.41, 5.74) is 0.448. The second kappa shape index (κ2) is 5.49. The highest BCUT2D eigenvalue weighted by atomic mass is 16.6. The molecule has 0 aliphatic carbocycles. The monoisotopic (exact) mass is 270 g/mol. The van der Waals surface area contributed by atoms with E-state index in [0.29, 0.717) is 5.69 Å². The van der Waals surface area contributed by atoms with Gasteiger partial charge in [0.05, 0.1) is 11.5 Å². The summed E-state index contributed by atoms with van der Waals surface area (Å²) in [4.78, 5) is 9.97. The topological polar surface area (TPSA) is 125 Å². The fourth-order valence-electron chi connectivity index (χ4n) is 1.78. The van der Waals surface area contributed by atoms with E-state index in [1.54, 1.807) is 0 Å². The predicted octanol–water partition coefficient (Wildman–Crippen LogP) is -0.554. The molecule has 8 nitrogen and oxygen atoms in total.